The summed E-state index contributed by atoms with van der Waals surface area (Å²) in [4.78, 5) is 24.4. The highest BCUT2D eigenvalue weighted by Crippen LogP contribution is 2.28. The van der Waals surface area contributed by atoms with E-state index < -0.39 is 29.9 Å². The third kappa shape index (κ3) is 3.85. The van der Waals surface area contributed by atoms with E-state index in [1.54, 1.807) is 0 Å². The first-order chi connectivity index (χ1) is 9.27. The number of rotatable bonds is 4. The van der Waals surface area contributed by atoms with Gasteiger partial charge in [-0.25, -0.2) is 0 Å². The number of amides is 1. The largest absolute Gasteiger partial charge is 0.431 e. The van der Waals surface area contributed by atoms with Gasteiger partial charge in [0.05, 0.1) is 12.5 Å². The Morgan fingerprint density at radius 1 is 1.45 bits per heavy atom. The number of hydrogen-bond donors (Lipinski definition) is 0. The first-order valence-corrected chi connectivity index (χ1v) is 5.65. The zero-order valence-electron chi connectivity index (χ0n) is 10.6. The Morgan fingerprint density at radius 3 is 2.65 bits per heavy atom. The third-order valence-electron chi connectivity index (χ3n) is 2.62. The SMILES string of the molecule is CN(CCC#N)C(=O)Cn1c(C(F)(F)F)cccc1=O. The molecule has 1 rings (SSSR count). The summed E-state index contributed by atoms with van der Waals surface area (Å²) in [5, 5.41) is 8.39. The molecule has 1 aromatic heterocycles. The van der Waals surface area contributed by atoms with Crippen LogP contribution >= 0.6 is 0 Å². The zero-order chi connectivity index (χ0) is 15.3. The number of carbonyl (C=O) groups is 1. The van der Waals surface area contributed by atoms with Crippen molar-refractivity contribution in [2.24, 2.45) is 0 Å². The van der Waals surface area contributed by atoms with Crippen molar-refractivity contribution in [2.45, 2.75) is 19.1 Å². The topological polar surface area (TPSA) is 66.1 Å². The van der Waals surface area contributed by atoms with Crippen molar-refractivity contribution in [3.63, 3.8) is 0 Å². The monoisotopic (exact) mass is 287 g/mol. The summed E-state index contributed by atoms with van der Waals surface area (Å²) in [7, 11) is 1.36. The van der Waals surface area contributed by atoms with E-state index in [1.165, 1.54) is 7.05 Å². The van der Waals surface area contributed by atoms with Crippen molar-refractivity contribution in [1.82, 2.24) is 9.47 Å². The quantitative estimate of drug-likeness (QED) is 0.836. The summed E-state index contributed by atoms with van der Waals surface area (Å²) >= 11 is 0. The van der Waals surface area contributed by atoms with Crippen LogP contribution in [-0.4, -0.2) is 29.0 Å². The first-order valence-electron chi connectivity index (χ1n) is 5.65. The van der Waals surface area contributed by atoms with Gasteiger partial charge in [0, 0.05) is 19.7 Å². The minimum Gasteiger partial charge on any atom is -0.343 e. The molecule has 1 amide bonds. The molecule has 0 atom stereocenters. The normalized spacial score (nSPS) is 10.9. The molecule has 0 N–H and O–H groups in total. The molecule has 0 aliphatic carbocycles. The Hall–Kier alpha value is -2.30. The lowest BCUT2D eigenvalue weighted by Gasteiger charge is -2.19. The standard InChI is InChI=1S/C12H12F3N3O2/c1-17(7-3-6-16)11(20)8-18-9(12(13,14)15)4-2-5-10(18)19/h2,4-5H,3,7-8H2,1H3. The molecular formula is C12H12F3N3O2. The third-order valence-corrected chi connectivity index (χ3v) is 2.62. The molecule has 0 radical (unpaired) electrons. The van der Waals surface area contributed by atoms with Gasteiger partial charge in [-0.2, -0.15) is 18.4 Å². The number of nitrogens with zero attached hydrogens (tertiary/aromatic N) is 3. The number of aromatic nitrogens is 1. The maximum Gasteiger partial charge on any atom is 0.431 e. The summed E-state index contributed by atoms with van der Waals surface area (Å²) in [6.07, 6.45) is -4.65. The maximum atomic E-state index is 12.8. The van der Waals surface area contributed by atoms with Gasteiger partial charge in [0.2, 0.25) is 5.91 Å². The van der Waals surface area contributed by atoms with Crippen LogP contribution in [0, 0.1) is 11.3 Å². The molecule has 0 bridgehead atoms. The predicted molar refractivity (Wildman–Crippen MR) is 63.6 cm³/mol. The molecule has 8 heteroatoms. The minimum atomic E-state index is -4.72. The smallest absolute Gasteiger partial charge is 0.343 e. The molecule has 0 aromatic carbocycles. The highest BCUT2D eigenvalue weighted by atomic mass is 19.4. The molecule has 0 saturated carbocycles. The zero-order valence-corrected chi connectivity index (χ0v) is 10.6. The van der Waals surface area contributed by atoms with E-state index in [0.29, 0.717) is 4.57 Å². The molecule has 0 aliphatic heterocycles. The molecule has 0 aliphatic rings. The van der Waals surface area contributed by atoms with Crippen LogP contribution in [0.1, 0.15) is 12.1 Å². The van der Waals surface area contributed by atoms with Crippen molar-refractivity contribution in [3.05, 3.63) is 34.2 Å². The summed E-state index contributed by atoms with van der Waals surface area (Å²) in [5.74, 6) is -0.668. The van der Waals surface area contributed by atoms with Gasteiger partial charge in [0.1, 0.15) is 12.2 Å². The summed E-state index contributed by atoms with van der Waals surface area (Å²) in [5.41, 5.74) is -2.08. The second kappa shape index (κ2) is 6.23. The van der Waals surface area contributed by atoms with Crippen LogP contribution in [0.4, 0.5) is 13.2 Å². The van der Waals surface area contributed by atoms with Gasteiger partial charge in [-0.1, -0.05) is 6.07 Å². The number of likely N-dealkylation sites (N-methyl/N-ethyl adjacent to an activating group) is 1. The summed E-state index contributed by atoms with van der Waals surface area (Å²) < 4.78 is 38.6. The van der Waals surface area contributed by atoms with Crippen LogP contribution in [-0.2, 0) is 17.5 Å². The molecule has 20 heavy (non-hydrogen) atoms. The van der Waals surface area contributed by atoms with Gasteiger partial charge in [-0.3, -0.25) is 14.2 Å². The molecular weight excluding hydrogens is 275 g/mol. The molecule has 5 nitrogen and oxygen atoms in total. The van der Waals surface area contributed by atoms with Crippen LogP contribution in [0.2, 0.25) is 0 Å². The van der Waals surface area contributed by atoms with Gasteiger partial charge in [0.15, 0.2) is 0 Å². The van der Waals surface area contributed by atoms with Gasteiger partial charge in [-0.15, -0.1) is 0 Å². The lowest BCUT2D eigenvalue weighted by molar-refractivity contribution is -0.145. The average Bonchev–Trinajstić information content (AvgIpc) is 2.36. The number of nitriles is 1. The van der Waals surface area contributed by atoms with E-state index in [0.717, 1.165) is 23.1 Å². The lowest BCUT2D eigenvalue weighted by atomic mass is 10.3. The Kier molecular flexibility index (Phi) is 4.91. The second-order valence-corrected chi connectivity index (χ2v) is 4.06. The fourth-order valence-electron chi connectivity index (χ4n) is 1.53. The number of halogens is 3. The highest BCUT2D eigenvalue weighted by Gasteiger charge is 2.34. The predicted octanol–water partition coefficient (Wildman–Crippen LogP) is 1.24. The number of carbonyl (C=O) groups excluding carboxylic acids is 1. The van der Waals surface area contributed by atoms with E-state index in [9.17, 15) is 22.8 Å². The Labute approximate surface area is 112 Å². The van der Waals surface area contributed by atoms with Crippen molar-refractivity contribution in [3.8, 4) is 6.07 Å². The van der Waals surface area contributed by atoms with Crippen LogP contribution in [0.3, 0.4) is 0 Å². The molecule has 1 aromatic rings. The number of hydrogen-bond acceptors (Lipinski definition) is 3. The van der Waals surface area contributed by atoms with E-state index >= 15 is 0 Å². The molecule has 0 fully saturated rings. The van der Waals surface area contributed by atoms with E-state index in [1.807, 2.05) is 6.07 Å². The van der Waals surface area contributed by atoms with Crippen molar-refractivity contribution in [1.29, 1.82) is 5.26 Å². The van der Waals surface area contributed by atoms with E-state index in [2.05, 4.69) is 0 Å². The van der Waals surface area contributed by atoms with Gasteiger partial charge < -0.3 is 4.90 Å². The average molecular weight is 287 g/mol. The van der Waals surface area contributed by atoms with Crippen molar-refractivity contribution >= 4 is 5.91 Å². The molecule has 0 saturated heterocycles. The fraction of sp³-hybridized carbons (Fsp3) is 0.417. The Balaban J connectivity index is 3.01. The maximum absolute atomic E-state index is 12.8. The van der Waals surface area contributed by atoms with Crippen molar-refractivity contribution < 1.29 is 18.0 Å². The molecule has 0 spiro atoms. The molecule has 108 valence electrons. The lowest BCUT2D eigenvalue weighted by Crippen LogP contribution is -2.36. The molecule has 1 heterocycles. The molecule has 0 unspecified atom stereocenters. The van der Waals surface area contributed by atoms with E-state index in [-0.39, 0.29) is 13.0 Å². The van der Waals surface area contributed by atoms with Crippen LogP contribution in [0.5, 0.6) is 0 Å². The number of pyridine rings is 1. The summed E-state index contributed by atoms with van der Waals surface area (Å²) in [6, 6.07) is 4.51. The Morgan fingerprint density at radius 2 is 2.10 bits per heavy atom. The fourth-order valence-corrected chi connectivity index (χ4v) is 1.53. The van der Waals surface area contributed by atoms with Crippen molar-refractivity contribution in [2.75, 3.05) is 13.6 Å². The van der Waals surface area contributed by atoms with Crippen LogP contribution in [0.15, 0.2) is 23.0 Å². The minimum absolute atomic E-state index is 0.0675. The van der Waals surface area contributed by atoms with Crippen LogP contribution in [0.25, 0.3) is 0 Å². The van der Waals surface area contributed by atoms with E-state index in [4.69, 9.17) is 5.26 Å². The summed E-state index contributed by atoms with van der Waals surface area (Å²) in [6.45, 7) is -0.616. The highest BCUT2D eigenvalue weighted by molar-refractivity contribution is 5.75. The van der Waals surface area contributed by atoms with Gasteiger partial charge in [-0.05, 0) is 6.07 Å². The van der Waals surface area contributed by atoms with Gasteiger partial charge in [0.25, 0.3) is 5.56 Å². The van der Waals surface area contributed by atoms with Crippen LogP contribution < -0.4 is 5.56 Å². The second-order valence-electron chi connectivity index (χ2n) is 4.06. The van der Waals surface area contributed by atoms with Gasteiger partial charge >= 0.3 is 6.18 Å². The first kappa shape index (κ1) is 15.8. The Bertz CT molecular complexity index is 587. The number of alkyl halides is 3.